The van der Waals surface area contributed by atoms with E-state index in [0.717, 1.165) is 49.3 Å². The van der Waals surface area contributed by atoms with Crippen molar-refractivity contribution in [3.8, 4) is 0 Å². The second-order valence-electron chi connectivity index (χ2n) is 6.79. The standard InChI is InChI=1S/C21H26BrN3O/c1-17(21(26)23-20-9-5-8-19(22)16-20)25-14-12-24(13-15-25)11-10-18-6-3-2-4-7-18/h2-9,16-17H,10-15H2,1H3,(H,23,26)/t17-/m1/s1. The molecule has 0 aliphatic carbocycles. The number of rotatable bonds is 6. The Labute approximate surface area is 164 Å². The quantitative estimate of drug-likeness (QED) is 0.781. The van der Waals surface area contributed by atoms with E-state index in [1.54, 1.807) is 0 Å². The van der Waals surface area contributed by atoms with Gasteiger partial charge in [0.15, 0.2) is 0 Å². The first-order chi connectivity index (χ1) is 12.6. The molecule has 1 saturated heterocycles. The van der Waals surface area contributed by atoms with Crippen LogP contribution in [0.1, 0.15) is 12.5 Å². The molecule has 138 valence electrons. The molecular formula is C21H26BrN3O. The fourth-order valence-corrected chi connectivity index (χ4v) is 3.68. The van der Waals surface area contributed by atoms with E-state index in [1.165, 1.54) is 5.56 Å². The van der Waals surface area contributed by atoms with Crippen molar-refractivity contribution >= 4 is 27.5 Å². The molecule has 0 bridgehead atoms. The molecule has 2 aromatic carbocycles. The summed E-state index contributed by atoms with van der Waals surface area (Å²) >= 11 is 3.44. The zero-order chi connectivity index (χ0) is 18.4. The first-order valence-corrected chi connectivity index (χ1v) is 9.98. The highest BCUT2D eigenvalue weighted by Gasteiger charge is 2.25. The number of halogens is 1. The third-order valence-corrected chi connectivity index (χ3v) is 5.48. The predicted octanol–water partition coefficient (Wildman–Crippen LogP) is 3.64. The minimum Gasteiger partial charge on any atom is -0.325 e. The van der Waals surface area contributed by atoms with E-state index in [9.17, 15) is 4.79 Å². The fraction of sp³-hybridized carbons (Fsp3) is 0.381. The lowest BCUT2D eigenvalue weighted by Crippen LogP contribution is -2.53. The lowest BCUT2D eigenvalue weighted by molar-refractivity contribution is -0.121. The third-order valence-electron chi connectivity index (χ3n) is 4.99. The van der Waals surface area contributed by atoms with Gasteiger partial charge in [-0.3, -0.25) is 9.69 Å². The summed E-state index contributed by atoms with van der Waals surface area (Å²) in [5.74, 6) is 0.0563. The minimum absolute atomic E-state index is 0.0563. The van der Waals surface area contributed by atoms with Crippen LogP contribution in [0.5, 0.6) is 0 Å². The number of hydrogen-bond acceptors (Lipinski definition) is 3. The SMILES string of the molecule is C[C@H](C(=O)Nc1cccc(Br)c1)N1CCN(CCc2ccccc2)CC1. The van der Waals surface area contributed by atoms with Gasteiger partial charge in [0.05, 0.1) is 6.04 Å². The van der Waals surface area contributed by atoms with Gasteiger partial charge in [0.25, 0.3) is 0 Å². The first kappa shape index (κ1) is 19.1. The number of piperazine rings is 1. The van der Waals surface area contributed by atoms with Gasteiger partial charge in [-0.1, -0.05) is 52.3 Å². The fourth-order valence-electron chi connectivity index (χ4n) is 3.28. The summed E-state index contributed by atoms with van der Waals surface area (Å²) in [7, 11) is 0. The number of anilines is 1. The van der Waals surface area contributed by atoms with Crippen LogP contribution in [0, 0.1) is 0 Å². The van der Waals surface area contributed by atoms with Gasteiger partial charge in [-0.05, 0) is 37.1 Å². The molecule has 3 rings (SSSR count). The molecular weight excluding hydrogens is 390 g/mol. The van der Waals surface area contributed by atoms with E-state index in [1.807, 2.05) is 31.2 Å². The summed E-state index contributed by atoms with van der Waals surface area (Å²) < 4.78 is 0.968. The van der Waals surface area contributed by atoms with E-state index in [4.69, 9.17) is 0 Å². The van der Waals surface area contributed by atoms with Crippen LogP contribution in [0.2, 0.25) is 0 Å². The number of nitrogens with zero attached hydrogens (tertiary/aromatic N) is 2. The monoisotopic (exact) mass is 415 g/mol. The molecule has 1 fully saturated rings. The Bertz CT molecular complexity index is 714. The molecule has 1 N–H and O–H groups in total. The molecule has 5 heteroatoms. The minimum atomic E-state index is -0.120. The highest BCUT2D eigenvalue weighted by atomic mass is 79.9. The predicted molar refractivity (Wildman–Crippen MR) is 110 cm³/mol. The van der Waals surface area contributed by atoms with Gasteiger partial charge in [0.2, 0.25) is 5.91 Å². The Morgan fingerprint density at radius 1 is 1.08 bits per heavy atom. The molecule has 1 atom stereocenters. The summed E-state index contributed by atoms with van der Waals surface area (Å²) in [5.41, 5.74) is 2.22. The smallest absolute Gasteiger partial charge is 0.241 e. The summed E-state index contributed by atoms with van der Waals surface area (Å²) in [5, 5.41) is 3.01. The highest BCUT2D eigenvalue weighted by Crippen LogP contribution is 2.17. The number of amides is 1. The van der Waals surface area contributed by atoms with E-state index < -0.39 is 0 Å². The Morgan fingerprint density at radius 2 is 1.81 bits per heavy atom. The second kappa shape index (κ2) is 9.31. The van der Waals surface area contributed by atoms with Gasteiger partial charge in [0.1, 0.15) is 0 Å². The van der Waals surface area contributed by atoms with Crippen LogP contribution >= 0.6 is 15.9 Å². The number of carbonyl (C=O) groups excluding carboxylic acids is 1. The Kier molecular flexibility index (Phi) is 6.83. The average molecular weight is 416 g/mol. The van der Waals surface area contributed by atoms with Crippen LogP contribution in [-0.4, -0.2) is 54.5 Å². The van der Waals surface area contributed by atoms with Crippen molar-refractivity contribution in [1.29, 1.82) is 0 Å². The number of benzene rings is 2. The summed E-state index contributed by atoms with van der Waals surface area (Å²) in [6.07, 6.45) is 1.08. The lowest BCUT2D eigenvalue weighted by atomic mass is 10.1. The van der Waals surface area contributed by atoms with Crippen molar-refractivity contribution in [1.82, 2.24) is 9.80 Å². The molecule has 1 amide bonds. The van der Waals surface area contributed by atoms with E-state index in [2.05, 4.69) is 61.4 Å². The molecule has 1 aliphatic heterocycles. The van der Waals surface area contributed by atoms with Gasteiger partial charge in [-0.2, -0.15) is 0 Å². The van der Waals surface area contributed by atoms with Gasteiger partial charge in [-0.15, -0.1) is 0 Å². The van der Waals surface area contributed by atoms with Crippen molar-refractivity contribution in [3.05, 3.63) is 64.6 Å². The molecule has 1 heterocycles. The summed E-state index contributed by atoms with van der Waals surface area (Å²) in [4.78, 5) is 17.3. The van der Waals surface area contributed by atoms with Crippen LogP contribution < -0.4 is 5.32 Å². The lowest BCUT2D eigenvalue weighted by Gasteiger charge is -2.37. The molecule has 2 aromatic rings. The van der Waals surface area contributed by atoms with Gasteiger partial charge in [-0.25, -0.2) is 0 Å². The molecule has 0 unspecified atom stereocenters. The van der Waals surface area contributed by atoms with Crippen LogP contribution in [0.4, 0.5) is 5.69 Å². The maximum atomic E-state index is 12.5. The largest absolute Gasteiger partial charge is 0.325 e. The number of hydrogen-bond donors (Lipinski definition) is 1. The number of carbonyl (C=O) groups is 1. The first-order valence-electron chi connectivity index (χ1n) is 9.18. The Balaban J connectivity index is 1.44. The average Bonchev–Trinajstić information content (AvgIpc) is 2.67. The normalized spacial score (nSPS) is 17.0. The van der Waals surface area contributed by atoms with Crippen LogP contribution in [-0.2, 0) is 11.2 Å². The van der Waals surface area contributed by atoms with Gasteiger partial charge in [0, 0.05) is 42.9 Å². The maximum Gasteiger partial charge on any atom is 0.241 e. The van der Waals surface area contributed by atoms with Gasteiger partial charge < -0.3 is 10.2 Å². The van der Waals surface area contributed by atoms with Crippen molar-refractivity contribution < 1.29 is 4.79 Å². The molecule has 0 spiro atoms. The van der Waals surface area contributed by atoms with E-state index >= 15 is 0 Å². The highest BCUT2D eigenvalue weighted by molar-refractivity contribution is 9.10. The molecule has 0 radical (unpaired) electrons. The second-order valence-corrected chi connectivity index (χ2v) is 7.70. The topological polar surface area (TPSA) is 35.6 Å². The summed E-state index contributed by atoms with van der Waals surface area (Å²) in [6.45, 7) is 6.97. The molecule has 4 nitrogen and oxygen atoms in total. The van der Waals surface area contributed by atoms with E-state index in [-0.39, 0.29) is 11.9 Å². The zero-order valence-electron chi connectivity index (χ0n) is 15.2. The van der Waals surface area contributed by atoms with E-state index in [0.29, 0.717) is 0 Å². The zero-order valence-corrected chi connectivity index (χ0v) is 16.8. The maximum absolute atomic E-state index is 12.5. The Morgan fingerprint density at radius 3 is 2.50 bits per heavy atom. The molecule has 0 aromatic heterocycles. The van der Waals surface area contributed by atoms with Crippen molar-refractivity contribution in [2.45, 2.75) is 19.4 Å². The van der Waals surface area contributed by atoms with Crippen molar-refractivity contribution in [3.63, 3.8) is 0 Å². The van der Waals surface area contributed by atoms with Crippen LogP contribution in [0.25, 0.3) is 0 Å². The van der Waals surface area contributed by atoms with Crippen LogP contribution in [0.15, 0.2) is 59.1 Å². The van der Waals surface area contributed by atoms with Gasteiger partial charge >= 0.3 is 0 Å². The molecule has 1 aliphatic rings. The third kappa shape index (κ3) is 5.40. The summed E-state index contributed by atoms with van der Waals surface area (Å²) in [6, 6.07) is 18.2. The van der Waals surface area contributed by atoms with Crippen LogP contribution in [0.3, 0.4) is 0 Å². The van der Waals surface area contributed by atoms with Crippen molar-refractivity contribution in [2.24, 2.45) is 0 Å². The Hall–Kier alpha value is -1.69. The number of nitrogens with one attached hydrogen (secondary N) is 1. The molecule has 26 heavy (non-hydrogen) atoms. The van der Waals surface area contributed by atoms with Crippen molar-refractivity contribution in [2.75, 3.05) is 38.0 Å². The molecule has 0 saturated carbocycles.